The van der Waals surface area contributed by atoms with Gasteiger partial charge in [0.05, 0.1) is 11.4 Å². The first-order valence-corrected chi connectivity index (χ1v) is 10.0. The van der Waals surface area contributed by atoms with E-state index in [-0.39, 0.29) is 11.7 Å². The Hall–Kier alpha value is -2.34. The molecule has 0 bridgehead atoms. The third kappa shape index (κ3) is 4.20. The van der Waals surface area contributed by atoms with Crippen molar-refractivity contribution >= 4 is 27.3 Å². The van der Waals surface area contributed by atoms with E-state index in [4.69, 9.17) is 0 Å². The molecular formula is C19H22N2O3S. The lowest BCUT2D eigenvalue weighted by Crippen LogP contribution is -2.25. The zero-order chi connectivity index (χ0) is 17.9. The van der Waals surface area contributed by atoms with Crippen molar-refractivity contribution in [3.8, 4) is 0 Å². The molecule has 2 aromatic carbocycles. The van der Waals surface area contributed by atoms with Gasteiger partial charge in [0.2, 0.25) is 15.9 Å². The molecule has 0 aromatic heterocycles. The van der Waals surface area contributed by atoms with Crippen molar-refractivity contribution in [1.29, 1.82) is 0 Å². The van der Waals surface area contributed by atoms with Crippen LogP contribution in [-0.2, 0) is 21.2 Å². The van der Waals surface area contributed by atoms with Crippen LogP contribution in [0.2, 0.25) is 0 Å². The van der Waals surface area contributed by atoms with Gasteiger partial charge >= 0.3 is 0 Å². The number of benzene rings is 2. The Balaban J connectivity index is 1.64. The third-order valence-corrected chi connectivity index (χ3v) is 6.22. The summed E-state index contributed by atoms with van der Waals surface area (Å²) in [7, 11) is -3.19. The van der Waals surface area contributed by atoms with Gasteiger partial charge in [0, 0.05) is 18.7 Å². The number of anilines is 2. The van der Waals surface area contributed by atoms with E-state index < -0.39 is 10.0 Å². The fourth-order valence-electron chi connectivity index (χ4n) is 2.99. The van der Waals surface area contributed by atoms with Crippen molar-refractivity contribution in [2.24, 2.45) is 0 Å². The summed E-state index contributed by atoms with van der Waals surface area (Å²) in [6.45, 7) is 2.39. The average molecular weight is 358 g/mol. The lowest BCUT2D eigenvalue weighted by atomic mass is 10.1. The molecular weight excluding hydrogens is 336 g/mol. The number of hydrogen-bond acceptors (Lipinski definition) is 3. The van der Waals surface area contributed by atoms with E-state index in [9.17, 15) is 13.2 Å². The first kappa shape index (κ1) is 17.5. The zero-order valence-electron chi connectivity index (χ0n) is 14.2. The highest BCUT2D eigenvalue weighted by atomic mass is 32.2. The van der Waals surface area contributed by atoms with E-state index >= 15 is 0 Å². The summed E-state index contributed by atoms with van der Waals surface area (Å²) in [6.07, 6.45) is 1.75. The number of carbonyl (C=O) groups is 1. The normalized spacial score (nSPS) is 16.0. The highest BCUT2D eigenvalue weighted by Gasteiger charge is 2.28. The van der Waals surface area contributed by atoms with Gasteiger partial charge in [-0.1, -0.05) is 30.3 Å². The second-order valence-electron chi connectivity index (χ2n) is 6.27. The largest absolute Gasteiger partial charge is 0.326 e. The predicted molar refractivity (Wildman–Crippen MR) is 100 cm³/mol. The second-order valence-corrected chi connectivity index (χ2v) is 8.29. The van der Waals surface area contributed by atoms with Crippen LogP contribution in [0.25, 0.3) is 0 Å². The van der Waals surface area contributed by atoms with Gasteiger partial charge in [-0.2, -0.15) is 0 Å². The van der Waals surface area contributed by atoms with Gasteiger partial charge in [0.25, 0.3) is 0 Å². The number of carbonyl (C=O) groups excluding carboxylic acids is 1. The zero-order valence-corrected chi connectivity index (χ0v) is 15.1. The number of hydrogen-bond donors (Lipinski definition) is 1. The van der Waals surface area contributed by atoms with Crippen LogP contribution in [0.1, 0.15) is 24.0 Å². The number of sulfonamides is 1. The van der Waals surface area contributed by atoms with Crippen LogP contribution >= 0.6 is 0 Å². The Labute approximate surface area is 148 Å². The summed E-state index contributed by atoms with van der Waals surface area (Å²) in [5.41, 5.74) is 3.37. The number of nitrogens with zero attached hydrogens (tertiary/aromatic N) is 1. The molecule has 0 saturated carbocycles. The van der Waals surface area contributed by atoms with Crippen molar-refractivity contribution in [2.45, 2.75) is 26.2 Å². The van der Waals surface area contributed by atoms with E-state index in [1.54, 1.807) is 12.1 Å². The minimum atomic E-state index is -3.19. The Bertz CT molecular complexity index is 863. The Morgan fingerprint density at radius 1 is 1.16 bits per heavy atom. The number of rotatable bonds is 5. The fraction of sp³-hybridized carbons (Fsp3) is 0.316. The molecule has 0 spiro atoms. The van der Waals surface area contributed by atoms with E-state index in [1.807, 2.05) is 43.3 Å². The highest BCUT2D eigenvalue weighted by Crippen LogP contribution is 2.28. The Morgan fingerprint density at radius 2 is 1.92 bits per heavy atom. The lowest BCUT2D eigenvalue weighted by Gasteiger charge is -2.18. The Kier molecular flexibility index (Phi) is 5.08. The topological polar surface area (TPSA) is 66.5 Å². The van der Waals surface area contributed by atoms with Crippen molar-refractivity contribution in [1.82, 2.24) is 0 Å². The van der Waals surface area contributed by atoms with Crippen LogP contribution in [0.3, 0.4) is 0 Å². The first-order chi connectivity index (χ1) is 12.0. The lowest BCUT2D eigenvalue weighted by molar-refractivity contribution is -0.116. The maximum Gasteiger partial charge on any atom is 0.235 e. The molecule has 1 aliphatic heterocycles. The minimum absolute atomic E-state index is 0.0477. The van der Waals surface area contributed by atoms with Crippen LogP contribution in [0.5, 0.6) is 0 Å². The quantitative estimate of drug-likeness (QED) is 0.893. The Morgan fingerprint density at radius 3 is 2.56 bits per heavy atom. The molecule has 25 heavy (non-hydrogen) atoms. The van der Waals surface area contributed by atoms with Gasteiger partial charge in [-0.25, -0.2) is 8.42 Å². The number of amides is 1. The summed E-state index contributed by atoms with van der Waals surface area (Å²) in [5, 5.41) is 2.91. The molecule has 1 heterocycles. The number of aryl methyl sites for hydroxylation is 2. The predicted octanol–water partition coefficient (Wildman–Crippen LogP) is 3.11. The van der Waals surface area contributed by atoms with E-state index in [1.165, 1.54) is 4.31 Å². The van der Waals surface area contributed by atoms with E-state index in [0.717, 1.165) is 16.8 Å². The molecule has 0 unspecified atom stereocenters. The summed E-state index contributed by atoms with van der Waals surface area (Å²) >= 11 is 0. The van der Waals surface area contributed by atoms with Crippen LogP contribution in [-0.4, -0.2) is 26.6 Å². The van der Waals surface area contributed by atoms with Crippen LogP contribution < -0.4 is 9.62 Å². The molecule has 6 heteroatoms. The maximum atomic E-state index is 12.2. The summed E-state index contributed by atoms with van der Waals surface area (Å²) < 4.78 is 25.5. The monoisotopic (exact) mass is 358 g/mol. The molecule has 132 valence electrons. The van der Waals surface area contributed by atoms with Crippen LogP contribution in [0.4, 0.5) is 11.4 Å². The van der Waals surface area contributed by atoms with Crippen molar-refractivity contribution < 1.29 is 13.2 Å². The summed E-state index contributed by atoms with van der Waals surface area (Å²) in [5.74, 6) is 0.151. The first-order valence-electron chi connectivity index (χ1n) is 8.40. The third-order valence-electron chi connectivity index (χ3n) is 4.35. The average Bonchev–Trinajstić information content (AvgIpc) is 2.95. The molecule has 0 radical (unpaired) electrons. The van der Waals surface area contributed by atoms with Gasteiger partial charge in [-0.05, 0) is 49.1 Å². The second kappa shape index (κ2) is 7.27. The molecule has 0 atom stereocenters. The molecule has 1 saturated heterocycles. The maximum absolute atomic E-state index is 12.2. The molecule has 1 amide bonds. The molecule has 2 aromatic rings. The van der Waals surface area contributed by atoms with Gasteiger partial charge in [0.1, 0.15) is 0 Å². The number of nitrogens with one attached hydrogen (secondary N) is 1. The SMILES string of the molecule is Cc1cc(N2CCCS2(=O)=O)ccc1NC(=O)CCc1ccccc1. The van der Waals surface area contributed by atoms with Gasteiger partial charge < -0.3 is 5.32 Å². The smallest absolute Gasteiger partial charge is 0.235 e. The minimum Gasteiger partial charge on any atom is -0.326 e. The molecule has 1 N–H and O–H groups in total. The van der Waals surface area contributed by atoms with E-state index in [2.05, 4.69) is 5.32 Å². The molecule has 1 fully saturated rings. The summed E-state index contributed by atoms with van der Waals surface area (Å²) in [4.78, 5) is 12.2. The van der Waals surface area contributed by atoms with Crippen molar-refractivity contribution in [3.63, 3.8) is 0 Å². The van der Waals surface area contributed by atoms with Gasteiger partial charge in [-0.15, -0.1) is 0 Å². The van der Waals surface area contributed by atoms with Crippen molar-refractivity contribution in [2.75, 3.05) is 21.9 Å². The highest BCUT2D eigenvalue weighted by molar-refractivity contribution is 7.93. The fourth-order valence-corrected chi connectivity index (χ4v) is 4.54. The molecule has 0 aliphatic carbocycles. The summed E-state index contributed by atoms with van der Waals surface area (Å²) in [6, 6.07) is 15.2. The standard InChI is InChI=1S/C19H22N2O3S/c1-15-14-17(21-12-5-13-25(21,23)24)9-10-18(15)20-19(22)11-8-16-6-3-2-4-7-16/h2-4,6-7,9-10,14H,5,8,11-13H2,1H3,(H,20,22). The van der Waals surface area contributed by atoms with Crippen molar-refractivity contribution in [3.05, 3.63) is 59.7 Å². The van der Waals surface area contributed by atoms with E-state index in [0.29, 0.717) is 31.5 Å². The van der Waals surface area contributed by atoms with Gasteiger partial charge in [0.15, 0.2) is 0 Å². The molecule has 5 nitrogen and oxygen atoms in total. The van der Waals surface area contributed by atoms with Crippen LogP contribution in [0, 0.1) is 6.92 Å². The van der Waals surface area contributed by atoms with Gasteiger partial charge in [-0.3, -0.25) is 9.10 Å². The van der Waals surface area contributed by atoms with Crippen LogP contribution in [0.15, 0.2) is 48.5 Å². The molecule has 1 aliphatic rings. The molecule has 3 rings (SSSR count).